The summed E-state index contributed by atoms with van der Waals surface area (Å²) < 4.78 is 11.1. The maximum Gasteiger partial charge on any atom is 0.262 e. The van der Waals surface area contributed by atoms with E-state index in [4.69, 9.17) is 9.47 Å². The minimum Gasteiger partial charge on any atom is -0.489 e. The summed E-state index contributed by atoms with van der Waals surface area (Å²) in [4.78, 5) is 11.2. The zero-order valence-electron chi connectivity index (χ0n) is 9.36. The third-order valence-electron chi connectivity index (χ3n) is 2.90. The Morgan fingerprint density at radius 1 is 1.41 bits per heavy atom. The number of ether oxygens (including phenoxy) is 2. The van der Waals surface area contributed by atoms with Crippen LogP contribution in [0.2, 0.25) is 0 Å². The number of benzene rings is 1. The number of fused-ring (bicyclic) bond motifs is 1. The smallest absolute Gasteiger partial charge is 0.262 e. The molecule has 1 aromatic carbocycles. The summed E-state index contributed by atoms with van der Waals surface area (Å²) in [5.74, 6) is 1.34. The lowest BCUT2D eigenvalue weighted by Gasteiger charge is -2.19. The first kappa shape index (κ1) is 10.4. The van der Waals surface area contributed by atoms with E-state index >= 15 is 0 Å². The zero-order chi connectivity index (χ0) is 11.7. The second kappa shape index (κ2) is 4.25. The lowest BCUT2D eigenvalue weighted by atomic mass is 10.2. The highest BCUT2D eigenvalue weighted by Crippen LogP contribution is 2.32. The lowest BCUT2D eigenvalue weighted by Crippen LogP contribution is -2.25. The fraction of sp³-hybridized carbons (Fsp3) is 0.417. The van der Waals surface area contributed by atoms with Crippen molar-refractivity contribution >= 4 is 11.6 Å². The molecular weight excluding hydrogens is 220 g/mol. The molecule has 90 valence electrons. The highest BCUT2D eigenvalue weighted by Gasteiger charge is 2.19. The van der Waals surface area contributed by atoms with Crippen molar-refractivity contribution in [3.8, 4) is 11.5 Å². The quantitative estimate of drug-likeness (QED) is 0.793. The normalized spacial score (nSPS) is 22.6. The number of anilines is 1. The summed E-state index contributed by atoms with van der Waals surface area (Å²) in [5, 5.41) is 6.01. The minimum atomic E-state index is -0.128. The van der Waals surface area contributed by atoms with Gasteiger partial charge >= 0.3 is 0 Å². The van der Waals surface area contributed by atoms with Gasteiger partial charge in [0.25, 0.3) is 5.91 Å². The van der Waals surface area contributed by atoms with Crippen molar-refractivity contribution in [3.05, 3.63) is 18.2 Å². The molecule has 0 saturated carbocycles. The summed E-state index contributed by atoms with van der Waals surface area (Å²) in [6.07, 6.45) is 1.23. The largest absolute Gasteiger partial charge is 0.489 e. The third-order valence-corrected chi connectivity index (χ3v) is 2.90. The van der Waals surface area contributed by atoms with Crippen LogP contribution in [0.15, 0.2) is 18.2 Å². The molecule has 1 atom stereocenters. The summed E-state index contributed by atoms with van der Waals surface area (Å²) in [6.45, 7) is 1.95. The Hall–Kier alpha value is -1.75. The number of nitrogens with one attached hydrogen (secondary N) is 2. The highest BCUT2D eigenvalue weighted by atomic mass is 16.5. The van der Waals surface area contributed by atoms with E-state index in [9.17, 15) is 4.79 Å². The maximum atomic E-state index is 11.2. The minimum absolute atomic E-state index is 0.0831. The van der Waals surface area contributed by atoms with Crippen LogP contribution in [-0.4, -0.2) is 31.7 Å². The van der Waals surface area contributed by atoms with Crippen LogP contribution in [0, 0.1) is 0 Å². The summed E-state index contributed by atoms with van der Waals surface area (Å²) in [5.41, 5.74) is 0.685. The third kappa shape index (κ3) is 2.19. The van der Waals surface area contributed by atoms with Gasteiger partial charge in [0, 0.05) is 12.6 Å². The topological polar surface area (TPSA) is 59.6 Å². The number of carbonyl (C=O) groups is 1. The van der Waals surface area contributed by atoms with Crippen molar-refractivity contribution in [1.82, 2.24) is 5.32 Å². The van der Waals surface area contributed by atoms with Gasteiger partial charge in [0.05, 0.1) is 5.69 Å². The van der Waals surface area contributed by atoms with E-state index in [-0.39, 0.29) is 18.6 Å². The van der Waals surface area contributed by atoms with E-state index in [0.717, 1.165) is 25.3 Å². The predicted molar refractivity (Wildman–Crippen MR) is 62.5 cm³/mol. The van der Waals surface area contributed by atoms with Crippen LogP contribution in [0.4, 0.5) is 5.69 Å². The van der Waals surface area contributed by atoms with Crippen molar-refractivity contribution < 1.29 is 14.3 Å². The second-order valence-corrected chi connectivity index (χ2v) is 4.23. The lowest BCUT2D eigenvalue weighted by molar-refractivity contribution is -0.118. The van der Waals surface area contributed by atoms with E-state index < -0.39 is 0 Å². The van der Waals surface area contributed by atoms with Crippen molar-refractivity contribution in [1.29, 1.82) is 0 Å². The van der Waals surface area contributed by atoms with E-state index in [0.29, 0.717) is 11.4 Å². The van der Waals surface area contributed by atoms with Crippen LogP contribution in [0.5, 0.6) is 11.5 Å². The molecule has 2 N–H and O–H groups in total. The van der Waals surface area contributed by atoms with Crippen molar-refractivity contribution in [3.63, 3.8) is 0 Å². The maximum absolute atomic E-state index is 11.2. The van der Waals surface area contributed by atoms with Gasteiger partial charge in [-0.15, -0.1) is 0 Å². The standard InChI is InChI=1S/C12H14N2O3/c15-12-7-16-11-2-1-8(5-10(11)14-12)17-9-3-4-13-6-9/h1-2,5,9,13H,3-4,6-7H2,(H,14,15)/t9-/m1/s1. The van der Waals surface area contributed by atoms with Gasteiger partial charge in [-0.25, -0.2) is 0 Å². The second-order valence-electron chi connectivity index (χ2n) is 4.23. The summed E-state index contributed by atoms with van der Waals surface area (Å²) >= 11 is 0. The van der Waals surface area contributed by atoms with Gasteiger partial charge in [0.1, 0.15) is 17.6 Å². The number of rotatable bonds is 2. The molecule has 17 heavy (non-hydrogen) atoms. The van der Waals surface area contributed by atoms with E-state index in [1.165, 1.54) is 0 Å². The average Bonchev–Trinajstić information content (AvgIpc) is 2.81. The van der Waals surface area contributed by atoms with Crippen LogP contribution in [-0.2, 0) is 4.79 Å². The number of carbonyl (C=O) groups excluding carboxylic acids is 1. The Morgan fingerprint density at radius 2 is 2.35 bits per heavy atom. The van der Waals surface area contributed by atoms with Gasteiger partial charge < -0.3 is 20.1 Å². The molecule has 0 aromatic heterocycles. The molecule has 0 radical (unpaired) electrons. The first-order chi connectivity index (χ1) is 8.31. The molecular formula is C12H14N2O3. The molecule has 5 heteroatoms. The first-order valence-corrected chi connectivity index (χ1v) is 5.75. The molecule has 2 aliphatic rings. The van der Waals surface area contributed by atoms with Gasteiger partial charge in [-0.05, 0) is 25.1 Å². The molecule has 5 nitrogen and oxygen atoms in total. The fourth-order valence-corrected chi connectivity index (χ4v) is 2.06. The Kier molecular flexibility index (Phi) is 2.60. The molecule has 0 spiro atoms. The van der Waals surface area contributed by atoms with E-state index in [2.05, 4.69) is 10.6 Å². The van der Waals surface area contributed by atoms with Gasteiger partial charge in [0.2, 0.25) is 0 Å². The molecule has 1 amide bonds. The number of hydrogen-bond acceptors (Lipinski definition) is 4. The van der Waals surface area contributed by atoms with Crippen molar-refractivity contribution in [2.24, 2.45) is 0 Å². The van der Waals surface area contributed by atoms with Gasteiger partial charge in [-0.3, -0.25) is 4.79 Å². The molecule has 0 unspecified atom stereocenters. The Morgan fingerprint density at radius 3 is 3.18 bits per heavy atom. The van der Waals surface area contributed by atoms with Crippen LogP contribution in [0.1, 0.15) is 6.42 Å². The fourth-order valence-electron chi connectivity index (χ4n) is 2.06. The van der Waals surface area contributed by atoms with Crippen molar-refractivity contribution in [2.75, 3.05) is 25.0 Å². The summed E-state index contributed by atoms with van der Waals surface area (Å²) in [7, 11) is 0. The van der Waals surface area contributed by atoms with Gasteiger partial charge in [-0.1, -0.05) is 0 Å². The van der Waals surface area contributed by atoms with Crippen LogP contribution >= 0.6 is 0 Å². The Balaban J connectivity index is 1.77. The number of amides is 1. The Bertz CT molecular complexity index is 441. The molecule has 3 rings (SSSR count). The SMILES string of the molecule is O=C1COc2ccc(O[C@@H]3CCNC3)cc2N1. The van der Waals surface area contributed by atoms with E-state index in [1.807, 2.05) is 18.2 Å². The predicted octanol–water partition coefficient (Wildman–Crippen LogP) is 0.758. The average molecular weight is 234 g/mol. The van der Waals surface area contributed by atoms with Crippen LogP contribution < -0.4 is 20.1 Å². The van der Waals surface area contributed by atoms with Crippen LogP contribution in [0.3, 0.4) is 0 Å². The van der Waals surface area contributed by atoms with Crippen LogP contribution in [0.25, 0.3) is 0 Å². The molecule has 0 aliphatic carbocycles. The zero-order valence-corrected chi connectivity index (χ0v) is 9.36. The molecule has 1 fully saturated rings. The highest BCUT2D eigenvalue weighted by molar-refractivity contribution is 5.95. The van der Waals surface area contributed by atoms with Gasteiger partial charge in [-0.2, -0.15) is 0 Å². The molecule has 2 aliphatic heterocycles. The molecule has 1 aromatic rings. The first-order valence-electron chi connectivity index (χ1n) is 5.75. The Labute approximate surface area is 99.1 Å². The van der Waals surface area contributed by atoms with Crippen molar-refractivity contribution in [2.45, 2.75) is 12.5 Å². The molecule has 1 saturated heterocycles. The van der Waals surface area contributed by atoms with E-state index in [1.54, 1.807) is 0 Å². The molecule has 2 heterocycles. The monoisotopic (exact) mass is 234 g/mol. The van der Waals surface area contributed by atoms with Gasteiger partial charge in [0.15, 0.2) is 6.61 Å². The summed E-state index contributed by atoms with van der Waals surface area (Å²) in [6, 6.07) is 5.51. The number of hydrogen-bond donors (Lipinski definition) is 2. The molecule has 0 bridgehead atoms.